The third kappa shape index (κ3) is 3.72. The first-order valence-electron chi connectivity index (χ1n) is 7.52. The molecule has 24 heavy (non-hydrogen) atoms. The molecule has 0 fully saturated rings. The zero-order chi connectivity index (χ0) is 17.3. The Morgan fingerprint density at radius 3 is 2.71 bits per heavy atom. The predicted octanol–water partition coefficient (Wildman–Crippen LogP) is 3.26. The van der Waals surface area contributed by atoms with E-state index in [0.717, 1.165) is 27.7 Å². The molecule has 0 radical (unpaired) electrons. The molecule has 1 N–H and O–H groups in total. The van der Waals surface area contributed by atoms with Crippen molar-refractivity contribution in [3.8, 4) is 0 Å². The number of amides is 1. The Hall–Kier alpha value is -1.61. The fourth-order valence-corrected chi connectivity index (χ4v) is 4.36. The molecule has 0 atom stereocenters. The highest BCUT2D eigenvalue weighted by molar-refractivity contribution is 14.1. The van der Waals surface area contributed by atoms with Crippen molar-refractivity contribution in [2.45, 2.75) is 12.8 Å². The molecule has 0 bridgehead atoms. The Bertz CT molecular complexity index is 896. The van der Waals surface area contributed by atoms with Crippen LogP contribution in [0.3, 0.4) is 0 Å². The van der Waals surface area contributed by atoms with Gasteiger partial charge in [0.2, 0.25) is 10.0 Å². The number of carbonyl (C=O) groups is 1. The summed E-state index contributed by atoms with van der Waals surface area (Å²) < 4.78 is 26.2. The van der Waals surface area contributed by atoms with Crippen LogP contribution in [0.2, 0.25) is 0 Å². The Labute approximate surface area is 155 Å². The lowest BCUT2D eigenvalue weighted by atomic mass is 10.0. The van der Waals surface area contributed by atoms with Gasteiger partial charge >= 0.3 is 0 Å². The molecule has 0 aliphatic carbocycles. The standard InChI is InChI=1S/C17H17IN2O3S/c1-24(22,23)20-9-3-4-12-10-13(7-8-16(12)20)17(21)19-15-6-2-5-14(18)11-15/h2,5-8,10-11H,3-4,9H2,1H3,(H,19,21). The van der Waals surface area contributed by atoms with E-state index in [2.05, 4.69) is 27.9 Å². The normalized spacial score (nSPS) is 14.2. The van der Waals surface area contributed by atoms with Crippen molar-refractivity contribution in [3.63, 3.8) is 0 Å². The van der Waals surface area contributed by atoms with Crippen LogP contribution in [0.15, 0.2) is 42.5 Å². The van der Waals surface area contributed by atoms with Gasteiger partial charge in [-0.25, -0.2) is 8.42 Å². The summed E-state index contributed by atoms with van der Waals surface area (Å²) in [6, 6.07) is 12.7. The van der Waals surface area contributed by atoms with Crippen molar-refractivity contribution in [2.75, 3.05) is 22.4 Å². The predicted molar refractivity (Wildman–Crippen MR) is 104 cm³/mol. The molecule has 1 aliphatic rings. The van der Waals surface area contributed by atoms with E-state index >= 15 is 0 Å². The number of halogens is 1. The van der Waals surface area contributed by atoms with Crippen LogP contribution in [-0.4, -0.2) is 27.1 Å². The van der Waals surface area contributed by atoms with E-state index in [9.17, 15) is 13.2 Å². The van der Waals surface area contributed by atoms with Crippen LogP contribution in [0.5, 0.6) is 0 Å². The van der Waals surface area contributed by atoms with E-state index in [4.69, 9.17) is 0 Å². The molecule has 7 heteroatoms. The Morgan fingerprint density at radius 1 is 1.21 bits per heavy atom. The SMILES string of the molecule is CS(=O)(=O)N1CCCc2cc(C(=O)Nc3cccc(I)c3)ccc21. The summed E-state index contributed by atoms with van der Waals surface area (Å²) in [5, 5.41) is 2.87. The van der Waals surface area contributed by atoms with Crippen molar-refractivity contribution in [3.05, 3.63) is 57.2 Å². The number of hydrogen-bond acceptors (Lipinski definition) is 3. The summed E-state index contributed by atoms with van der Waals surface area (Å²) in [6.45, 7) is 0.486. The summed E-state index contributed by atoms with van der Waals surface area (Å²) in [6.07, 6.45) is 2.73. The molecule has 0 saturated carbocycles. The molecule has 0 spiro atoms. The van der Waals surface area contributed by atoms with E-state index in [-0.39, 0.29) is 5.91 Å². The van der Waals surface area contributed by atoms with Crippen LogP contribution in [0.4, 0.5) is 11.4 Å². The van der Waals surface area contributed by atoms with Crippen LogP contribution in [0, 0.1) is 3.57 Å². The van der Waals surface area contributed by atoms with Gasteiger partial charge in [0.05, 0.1) is 11.9 Å². The smallest absolute Gasteiger partial charge is 0.255 e. The summed E-state index contributed by atoms with van der Waals surface area (Å²) in [4.78, 5) is 12.4. The van der Waals surface area contributed by atoms with Gasteiger partial charge in [0.25, 0.3) is 5.91 Å². The highest BCUT2D eigenvalue weighted by Crippen LogP contribution is 2.30. The Kier molecular flexibility index (Phi) is 4.82. The third-order valence-corrected chi connectivity index (χ3v) is 5.75. The van der Waals surface area contributed by atoms with Crippen LogP contribution >= 0.6 is 22.6 Å². The molecule has 3 rings (SSSR count). The lowest BCUT2D eigenvalue weighted by molar-refractivity contribution is 0.102. The van der Waals surface area contributed by atoms with Gasteiger partial charge in [0.1, 0.15) is 0 Å². The number of hydrogen-bond donors (Lipinski definition) is 1. The fraction of sp³-hybridized carbons (Fsp3) is 0.235. The second-order valence-corrected chi connectivity index (χ2v) is 8.90. The highest BCUT2D eigenvalue weighted by Gasteiger charge is 2.24. The van der Waals surface area contributed by atoms with Crippen molar-refractivity contribution >= 4 is 49.9 Å². The number of sulfonamides is 1. The number of carbonyl (C=O) groups excluding carboxylic acids is 1. The number of anilines is 2. The van der Waals surface area contributed by atoms with Crippen LogP contribution in [-0.2, 0) is 16.4 Å². The lowest BCUT2D eigenvalue weighted by Crippen LogP contribution is -2.34. The van der Waals surface area contributed by atoms with Crippen molar-refractivity contribution in [1.82, 2.24) is 0 Å². The summed E-state index contributed by atoms with van der Waals surface area (Å²) in [7, 11) is -3.29. The number of nitrogens with zero attached hydrogens (tertiary/aromatic N) is 1. The molecule has 2 aromatic rings. The molecule has 1 amide bonds. The Morgan fingerprint density at radius 2 is 2.00 bits per heavy atom. The second kappa shape index (κ2) is 6.72. The quantitative estimate of drug-likeness (QED) is 0.722. The van der Waals surface area contributed by atoms with Crippen LogP contribution in [0.1, 0.15) is 22.3 Å². The van der Waals surface area contributed by atoms with E-state index in [1.54, 1.807) is 18.2 Å². The summed E-state index contributed by atoms with van der Waals surface area (Å²) in [5.74, 6) is -0.198. The summed E-state index contributed by atoms with van der Waals surface area (Å²) >= 11 is 2.19. The number of fused-ring (bicyclic) bond motifs is 1. The highest BCUT2D eigenvalue weighted by atomic mass is 127. The molecule has 1 aliphatic heterocycles. The van der Waals surface area contributed by atoms with E-state index in [0.29, 0.717) is 17.8 Å². The van der Waals surface area contributed by atoms with Crippen molar-refractivity contribution < 1.29 is 13.2 Å². The molecule has 1 heterocycles. The van der Waals surface area contributed by atoms with Gasteiger partial charge < -0.3 is 5.32 Å². The molecule has 0 unspecified atom stereocenters. The number of aryl methyl sites for hydroxylation is 1. The maximum Gasteiger partial charge on any atom is 0.255 e. The average molecular weight is 456 g/mol. The van der Waals surface area contributed by atoms with E-state index in [1.165, 1.54) is 10.6 Å². The monoisotopic (exact) mass is 456 g/mol. The lowest BCUT2D eigenvalue weighted by Gasteiger charge is -2.29. The third-order valence-electron chi connectivity index (χ3n) is 3.90. The maximum absolute atomic E-state index is 12.4. The minimum absolute atomic E-state index is 0.198. The van der Waals surface area contributed by atoms with E-state index in [1.807, 2.05) is 24.3 Å². The zero-order valence-electron chi connectivity index (χ0n) is 13.1. The summed E-state index contributed by atoms with van der Waals surface area (Å²) in [5.41, 5.74) is 2.84. The maximum atomic E-state index is 12.4. The van der Waals surface area contributed by atoms with Gasteiger partial charge in [-0.05, 0) is 77.4 Å². The first-order valence-corrected chi connectivity index (χ1v) is 10.4. The number of rotatable bonds is 3. The average Bonchev–Trinajstić information content (AvgIpc) is 2.53. The van der Waals surface area contributed by atoms with Gasteiger partial charge in [-0.1, -0.05) is 6.07 Å². The zero-order valence-corrected chi connectivity index (χ0v) is 16.1. The molecule has 2 aromatic carbocycles. The van der Waals surface area contributed by atoms with Gasteiger partial charge in [0, 0.05) is 21.4 Å². The first kappa shape index (κ1) is 17.2. The largest absolute Gasteiger partial charge is 0.322 e. The van der Waals surface area contributed by atoms with Crippen LogP contribution in [0.25, 0.3) is 0 Å². The number of benzene rings is 2. The topological polar surface area (TPSA) is 66.5 Å². The van der Waals surface area contributed by atoms with Crippen molar-refractivity contribution in [1.29, 1.82) is 0 Å². The molecule has 5 nitrogen and oxygen atoms in total. The second-order valence-electron chi connectivity index (χ2n) is 5.75. The molecular formula is C17H17IN2O3S. The van der Waals surface area contributed by atoms with Gasteiger partial charge in [-0.2, -0.15) is 0 Å². The van der Waals surface area contributed by atoms with E-state index < -0.39 is 10.0 Å². The van der Waals surface area contributed by atoms with Gasteiger partial charge in [0.15, 0.2) is 0 Å². The van der Waals surface area contributed by atoms with Gasteiger partial charge in [-0.3, -0.25) is 9.10 Å². The number of nitrogens with one attached hydrogen (secondary N) is 1. The molecular weight excluding hydrogens is 439 g/mol. The fourth-order valence-electron chi connectivity index (χ4n) is 2.82. The van der Waals surface area contributed by atoms with Gasteiger partial charge in [-0.15, -0.1) is 0 Å². The molecule has 0 saturated heterocycles. The van der Waals surface area contributed by atoms with Crippen LogP contribution < -0.4 is 9.62 Å². The minimum Gasteiger partial charge on any atom is -0.322 e. The molecule has 0 aromatic heterocycles. The molecule has 126 valence electrons. The van der Waals surface area contributed by atoms with Crippen molar-refractivity contribution in [2.24, 2.45) is 0 Å². The minimum atomic E-state index is -3.29. The first-order chi connectivity index (χ1) is 11.3. The Balaban J connectivity index is 1.87.